The quantitative estimate of drug-likeness (QED) is 0.496. The molecule has 1 aromatic rings. The Morgan fingerprint density at radius 3 is 2.85 bits per heavy atom. The molecule has 0 spiro atoms. The molecule has 0 bridgehead atoms. The van der Waals surface area contributed by atoms with Gasteiger partial charge in [-0.25, -0.2) is 9.36 Å². The Labute approximate surface area is 112 Å². The van der Waals surface area contributed by atoms with Crippen LogP contribution >= 0.6 is 7.82 Å². The fourth-order valence-corrected chi connectivity index (χ4v) is 1.90. The van der Waals surface area contributed by atoms with Crippen molar-refractivity contribution in [1.29, 1.82) is 0 Å². The standard InChI is InChI=1S/C9H12N3O7P/c10-7-1-2-12(9(14)11-7)8-6(13)3-5(19-8)4-18-20(15,16)17/h1-3,6,8,13H,4H2,(H2,10,11,14)(H2,15,16,17)/t6-,8-/m1/s1. The summed E-state index contributed by atoms with van der Waals surface area (Å²) in [6.07, 6.45) is 0.196. The van der Waals surface area contributed by atoms with Crippen LogP contribution in [0.1, 0.15) is 6.23 Å². The molecule has 1 aliphatic rings. The third-order valence-corrected chi connectivity index (χ3v) is 2.89. The largest absolute Gasteiger partial charge is 0.470 e. The van der Waals surface area contributed by atoms with Gasteiger partial charge >= 0.3 is 13.5 Å². The first kappa shape index (κ1) is 14.7. The molecule has 2 rings (SSSR count). The number of aliphatic hydroxyl groups excluding tert-OH is 1. The molecule has 110 valence electrons. The van der Waals surface area contributed by atoms with Crippen LogP contribution < -0.4 is 11.4 Å². The van der Waals surface area contributed by atoms with Crippen LogP contribution in [0.5, 0.6) is 0 Å². The minimum atomic E-state index is -4.65. The minimum Gasteiger partial charge on any atom is -0.469 e. The van der Waals surface area contributed by atoms with E-state index in [1.165, 1.54) is 18.3 Å². The summed E-state index contributed by atoms with van der Waals surface area (Å²) in [5, 5.41) is 9.77. The molecule has 5 N–H and O–H groups in total. The lowest BCUT2D eigenvalue weighted by atomic mass is 10.3. The monoisotopic (exact) mass is 305 g/mol. The van der Waals surface area contributed by atoms with Crippen LogP contribution in [-0.2, 0) is 13.8 Å². The molecule has 0 amide bonds. The molecule has 1 aromatic heterocycles. The number of ether oxygens (including phenoxy) is 1. The first-order valence-electron chi connectivity index (χ1n) is 5.36. The van der Waals surface area contributed by atoms with E-state index in [9.17, 15) is 14.5 Å². The average molecular weight is 305 g/mol. The third kappa shape index (κ3) is 3.44. The molecule has 20 heavy (non-hydrogen) atoms. The lowest BCUT2D eigenvalue weighted by Crippen LogP contribution is -2.32. The van der Waals surface area contributed by atoms with Gasteiger partial charge < -0.3 is 25.4 Å². The first-order valence-corrected chi connectivity index (χ1v) is 6.89. The summed E-state index contributed by atoms with van der Waals surface area (Å²) in [5.74, 6) is 0.0197. The van der Waals surface area contributed by atoms with E-state index < -0.39 is 32.5 Å². The molecule has 0 saturated carbocycles. The molecule has 2 atom stereocenters. The zero-order valence-corrected chi connectivity index (χ0v) is 10.9. The number of aliphatic hydroxyl groups is 1. The summed E-state index contributed by atoms with van der Waals surface area (Å²) in [4.78, 5) is 32.2. The van der Waals surface area contributed by atoms with E-state index in [1.807, 2.05) is 0 Å². The Bertz CT molecular complexity index is 637. The fraction of sp³-hybridized carbons (Fsp3) is 0.333. The molecule has 11 heteroatoms. The highest BCUT2D eigenvalue weighted by Gasteiger charge is 2.31. The van der Waals surface area contributed by atoms with E-state index in [2.05, 4.69) is 9.51 Å². The second-order valence-corrected chi connectivity index (χ2v) is 5.18. The van der Waals surface area contributed by atoms with Gasteiger partial charge in [-0.1, -0.05) is 0 Å². The van der Waals surface area contributed by atoms with Gasteiger partial charge in [0.15, 0.2) is 0 Å². The van der Waals surface area contributed by atoms with E-state index >= 15 is 0 Å². The molecule has 10 nitrogen and oxygen atoms in total. The van der Waals surface area contributed by atoms with E-state index in [0.717, 1.165) is 4.57 Å². The molecule has 0 aliphatic carbocycles. The molecule has 0 unspecified atom stereocenters. The molecular formula is C9H12N3O7P. The molecule has 0 saturated heterocycles. The van der Waals surface area contributed by atoms with Crippen molar-refractivity contribution in [3.8, 4) is 0 Å². The van der Waals surface area contributed by atoms with Gasteiger partial charge in [-0.2, -0.15) is 4.98 Å². The van der Waals surface area contributed by atoms with Gasteiger partial charge in [0.25, 0.3) is 0 Å². The lowest BCUT2D eigenvalue weighted by molar-refractivity contribution is -0.0103. The van der Waals surface area contributed by atoms with Crippen LogP contribution in [0.3, 0.4) is 0 Å². The molecule has 0 fully saturated rings. The van der Waals surface area contributed by atoms with Crippen molar-refractivity contribution in [2.45, 2.75) is 12.3 Å². The summed E-state index contributed by atoms with van der Waals surface area (Å²) < 4.78 is 21.0. The normalized spacial score (nSPS) is 22.4. The van der Waals surface area contributed by atoms with Crippen molar-refractivity contribution in [1.82, 2.24) is 9.55 Å². The second kappa shape index (κ2) is 5.35. The number of anilines is 1. The number of phosphoric acid groups is 1. The molecule has 2 heterocycles. The van der Waals surface area contributed by atoms with Crippen molar-refractivity contribution >= 4 is 13.6 Å². The highest BCUT2D eigenvalue weighted by Crippen LogP contribution is 2.37. The molecule has 0 aromatic carbocycles. The Morgan fingerprint density at radius 1 is 1.55 bits per heavy atom. The zero-order valence-electron chi connectivity index (χ0n) is 9.99. The molecule has 0 radical (unpaired) electrons. The van der Waals surface area contributed by atoms with Crippen LogP contribution in [0.2, 0.25) is 0 Å². The van der Waals surface area contributed by atoms with Crippen molar-refractivity contribution in [2.75, 3.05) is 12.3 Å². The van der Waals surface area contributed by atoms with Crippen molar-refractivity contribution < 1.29 is 28.7 Å². The summed E-state index contributed by atoms with van der Waals surface area (Å²) in [6, 6.07) is 1.35. The summed E-state index contributed by atoms with van der Waals surface area (Å²) >= 11 is 0. The van der Waals surface area contributed by atoms with Crippen molar-refractivity contribution in [3.63, 3.8) is 0 Å². The van der Waals surface area contributed by atoms with E-state index in [-0.39, 0.29) is 11.6 Å². The molecular weight excluding hydrogens is 293 g/mol. The van der Waals surface area contributed by atoms with Gasteiger partial charge in [-0.05, 0) is 12.1 Å². The number of aromatic nitrogens is 2. The van der Waals surface area contributed by atoms with Gasteiger partial charge in [0.05, 0.1) is 0 Å². The van der Waals surface area contributed by atoms with E-state index in [4.69, 9.17) is 20.3 Å². The van der Waals surface area contributed by atoms with Crippen LogP contribution in [0.25, 0.3) is 0 Å². The van der Waals surface area contributed by atoms with Gasteiger partial charge in [-0.15, -0.1) is 0 Å². The van der Waals surface area contributed by atoms with Crippen LogP contribution in [-0.4, -0.2) is 37.2 Å². The van der Waals surface area contributed by atoms with Crippen molar-refractivity contribution in [3.05, 3.63) is 34.6 Å². The SMILES string of the molecule is Nc1ccn([C@@H]2OC(COP(=O)(O)O)=C[C@H]2O)c(=O)n1. The maximum Gasteiger partial charge on any atom is 0.470 e. The Hall–Kier alpha value is -1.71. The zero-order chi connectivity index (χ0) is 14.9. The summed E-state index contributed by atoms with van der Waals surface area (Å²) in [7, 11) is -4.65. The predicted molar refractivity (Wildman–Crippen MR) is 65.1 cm³/mol. The number of hydrogen-bond acceptors (Lipinski definition) is 7. The average Bonchev–Trinajstić information content (AvgIpc) is 2.67. The minimum absolute atomic E-state index is 0.00505. The number of nitrogen functional groups attached to an aromatic ring is 1. The van der Waals surface area contributed by atoms with Gasteiger partial charge in [0, 0.05) is 6.20 Å². The third-order valence-electron chi connectivity index (χ3n) is 2.42. The number of phosphoric ester groups is 1. The van der Waals surface area contributed by atoms with Gasteiger partial charge in [0.2, 0.25) is 6.23 Å². The Balaban J connectivity index is 2.10. The van der Waals surface area contributed by atoms with Crippen LogP contribution in [0.15, 0.2) is 28.9 Å². The fourth-order valence-electron chi connectivity index (χ4n) is 1.61. The van der Waals surface area contributed by atoms with Crippen LogP contribution in [0, 0.1) is 0 Å². The van der Waals surface area contributed by atoms with Crippen molar-refractivity contribution in [2.24, 2.45) is 0 Å². The number of nitrogens with zero attached hydrogens (tertiary/aromatic N) is 2. The Morgan fingerprint density at radius 2 is 2.25 bits per heavy atom. The van der Waals surface area contributed by atoms with E-state index in [1.54, 1.807) is 0 Å². The number of nitrogens with two attached hydrogens (primary N) is 1. The highest BCUT2D eigenvalue weighted by atomic mass is 31.2. The van der Waals surface area contributed by atoms with E-state index in [0.29, 0.717) is 0 Å². The Kier molecular flexibility index (Phi) is 3.93. The first-order chi connectivity index (χ1) is 9.26. The maximum atomic E-state index is 11.6. The second-order valence-electron chi connectivity index (χ2n) is 3.94. The lowest BCUT2D eigenvalue weighted by Gasteiger charge is -2.18. The smallest absolute Gasteiger partial charge is 0.469 e. The van der Waals surface area contributed by atoms with Gasteiger partial charge in [-0.3, -0.25) is 9.09 Å². The highest BCUT2D eigenvalue weighted by molar-refractivity contribution is 7.46. The maximum absolute atomic E-state index is 11.6. The van der Waals surface area contributed by atoms with Crippen LogP contribution in [0.4, 0.5) is 5.82 Å². The van der Waals surface area contributed by atoms with Gasteiger partial charge in [0.1, 0.15) is 24.3 Å². The number of hydrogen-bond donors (Lipinski definition) is 4. The topological polar surface area (TPSA) is 157 Å². The molecule has 1 aliphatic heterocycles. The number of rotatable bonds is 4. The summed E-state index contributed by atoms with van der Waals surface area (Å²) in [6.45, 7) is -0.533. The summed E-state index contributed by atoms with van der Waals surface area (Å²) in [5.41, 5.74) is 4.61. The predicted octanol–water partition coefficient (Wildman–Crippen LogP) is -1.29.